The quantitative estimate of drug-likeness (QED) is 0.815. The third-order valence-electron chi connectivity index (χ3n) is 5.86. The number of aryl methyl sites for hydroxylation is 2. The molecular formula is C19H30ClN3O3S. The van der Waals surface area contributed by atoms with E-state index in [0.717, 1.165) is 30.4 Å². The van der Waals surface area contributed by atoms with Crippen molar-refractivity contribution in [1.29, 1.82) is 0 Å². The Bertz CT molecular complexity index is 776. The Balaban J connectivity index is 0.00000261. The number of halogens is 1. The lowest BCUT2D eigenvalue weighted by Crippen LogP contribution is -2.51. The van der Waals surface area contributed by atoms with Crippen LogP contribution in [0, 0.1) is 19.8 Å². The smallest absolute Gasteiger partial charge is 0.243 e. The predicted molar refractivity (Wildman–Crippen MR) is 108 cm³/mol. The maximum absolute atomic E-state index is 12.9. The van der Waals surface area contributed by atoms with E-state index in [0.29, 0.717) is 37.5 Å². The Hall–Kier alpha value is -1.15. The van der Waals surface area contributed by atoms with Crippen molar-refractivity contribution in [2.24, 2.45) is 11.7 Å². The van der Waals surface area contributed by atoms with Crippen LogP contribution >= 0.6 is 12.4 Å². The number of nitrogens with zero attached hydrogens (tertiary/aromatic N) is 2. The zero-order valence-corrected chi connectivity index (χ0v) is 17.7. The van der Waals surface area contributed by atoms with E-state index in [4.69, 9.17) is 5.73 Å². The zero-order valence-electron chi connectivity index (χ0n) is 16.1. The number of carbonyl (C=O) groups excluding carboxylic acids is 1. The first-order chi connectivity index (χ1) is 12.3. The van der Waals surface area contributed by atoms with Gasteiger partial charge in [0.15, 0.2) is 0 Å². The summed E-state index contributed by atoms with van der Waals surface area (Å²) in [5.74, 6) is 0.385. The average Bonchev–Trinajstić information content (AvgIpc) is 3.02. The van der Waals surface area contributed by atoms with Crippen LogP contribution in [0.2, 0.25) is 0 Å². The Labute approximate surface area is 168 Å². The van der Waals surface area contributed by atoms with Crippen molar-refractivity contribution in [1.82, 2.24) is 9.21 Å². The van der Waals surface area contributed by atoms with E-state index in [-0.39, 0.29) is 30.3 Å². The largest absolute Gasteiger partial charge is 0.340 e. The van der Waals surface area contributed by atoms with E-state index >= 15 is 0 Å². The fourth-order valence-corrected chi connectivity index (χ4v) is 5.38. The molecule has 8 heteroatoms. The van der Waals surface area contributed by atoms with Gasteiger partial charge >= 0.3 is 0 Å². The number of nitrogens with two attached hydrogens (primary N) is 1. The summed E-state index contributed by atoms with van der Waals surface area (Å²) in [6.07, 6.45) is 3.61. The minimum absolute atomic E-state index is 0. The van der Waals surface area contributed by atoms with E-state index < -0.39 is 10.0 Å². The van der Waals surface area contributed by atoms with Gasteiger partial charge in [0, 0.05) is 38.6 Å². The predicted octanol–water partition coefficient (Wildman–Crippen LogP) is 2.08. The van der Waals surface area contributed by atoms with Gasteiger partial charge in [-0.2, -0.15) is 4.31 Å². The minimum atomic E-state index is -3.51. The molecule has 1 saturated heterocycles. The molecule has 1 saturated carbocycles. The van der Waals surface area contributed by atoms with Crippen molar-refractivity contribution in [3.8, 4) is 0 Å². The third-order valence-corrected chi connectivity index (χ3v) is 7.76. The first-order valence-corrected chi connectivity index (χ1v) is 10.8. The van der Waals surface area contributed by atoms with Crippen molar-refractivity contribution in [3.05, 3.63) is 29.3 Å². The second-order valence-corrected chi connectivity index (χ2v) is 9.53. The summed E-state index contributed by atoms with van der Waals surface area (Å²) in [4.78, 5) is 14.6. The molecule has 0 aromatic heterocycles. The minimum Gasteiger partial charge on any atom is -0.340 e. The fraction of sp³-hybridized carbons (Fsp3) is 0.632. The highest BCUT2D eigenvalue weighted by atomic mass is 35.5. The van der Waals surface area contributed by atoms with Gasteiger partial charge in [-0.05, 0) is 55.9 Å². The zero-order chi connectivity index (χ0) is 18.9. The van der Waals surface area contributed by atoms with E-state index in [1.165, 1.54) is 4.31 Å². The molecule has 1 heterocycles. The molecule has 0 radical (unpaired) electrons. The summed E-state index contributed by atoms with van der Waals surface area (Å²) in [6.45, 7) is 5.47. The first kappa shape index (κ1) is 22.1. The van der Waals surface area contributed by atoms with Gasteiger partial charge in [-0.3, -0.25) is 4.79 Å². The number of rotatable bonds is 4. The summed E-state index contributed by atoms with van der Waals surface area (Å²) in [6, 6.07) is 5.36. The molecule has 2 atom stereocenters. The maximum Gasteiger partial charge on any atom is 0.243 e. The molecule has 1 aliphatic carbocycles. The van der Waals surface area contributed by atoms with Gasteiger partial charge in [0.1, 0.15) is 0 Å². The number of amides is 1. The van der Waals surface area contributed by atoms with E-state index in [1.54, 1.807) is 17.0 Å². The molecule has 2 aliphatic rings. The van der Waals surface area contributed by atoms with Gasteiger partial charge in [-0.15, -0.1) is 12.4 Å². The van der Waals surface area contributed by atoms with Crippen LogP contribution in [-0.2, 0) is 14.8 Å². The Morgan fingerprint density at radius 3 is 2.33 bits per heavy atom. The molecule has 27 heavy (non-hydrogen) atoms. The van der Waals surface area contributed by atoms with Crippen LogP contribution in [0.4, 0.5) is 0 Å². The molecule has 1 amide bonds. The molecule has 152 valence electrons. The molecule has 1 aromatic carbocycles. The summed E-state index contributed by atoms with van der Waals surface area (Å²) in [7, 11) is -3.51. The SMILES string of the molecule is Cc1ccc(S(=O)(=O)N2CCN(C(=O)C[C@@H]3CCC[C@H]3N)CC2)cc1C.Cl. The highest BCUT2D eigenvalue weighted by Crippen LogP contribution is 2.28. The summed E-state index contributed by atoms with van der Waals surface area (Å²) < 4.78 is 27.2. The molecule has 1 aromatic rings. The average molecular weight is 416 g/mol. The van der Waals surface area contributed by atoms with E-state index in [2.05, 4.69) is 0 Å². The monoisotopic (exact) mass is 415 g/mol. The van der Waals surface area contributed by atoms with Crippen LogP contribution in [0.5, 0.6) is 0 Å². The number of hydrogen-bond donors (Lipinski definition) is 1. The van der Waals surface area contributed by atoms with Crippen LogP contribution < -0.4 is 5.73 Å². The lowest BCUT2D eigenvalue weighted by molar-refractivity contribution is -0.133. The maximum atomic E-state index is 12.9. The van der Waals surface area contributed by atoms with Crippen molar-refractivity contribution in [3.63, 3.8) is 0 Å². The summed E-state index contributed by atoms with van der Waals surface area (Å²) in [5, 5.41) is 0. The lowest BCUT2D eigenvalue weighted by Gasteiger charge is -2.34. The molecule has 0 bridgehead atoms. The normalized spacial score (nSPS) is 23.9. The highest BCUT2D eigenvalue weighted by Gasteiger charge is 2.32. The fourth-order valence-electron chi connectivity index (χ4n) is 3.87. The molecule has 0 spiro atoms. The number of hydrogen-bond acceptors (Lipinski definition) is 4. The highest BCUT2D eigenvalue weighted by molar-refractivity contribution is 7.89. The van der Waals surface area contributed by atoms with Gasteiger partial charge < -0.3 is 10.6 Å². The molecular weight excluding hydrogens is 386 g/mol. The number of piperazine rings is 1. The molecule has 3 rings (SSSR count). The number of sulfonamides is 1. The van der Waals surface area contributed by atoms with Crippen LogP contribution in [0.1, 0.15) is 36.8 Å². The second-order valence-electron chi connectivity index (χ2n) is 7.59. The Morgan fingerprint density at radius 1 is 1.11 bits per heavy atom. The molecule has 1 aliphatic heterocycles. The molecule has 2 fully saturated rings. The Morgan fingerprint density at radius 2 is 1.78 bits per heavy atom. The van der Waals surface area contributed by atoms with Crippen molar-refractivity contribution in [2.75, 3.05) is 26.2 Å². The second kappa shape index (κ2) is 8.90. The first-order valence-electron chi connectivity index (χ1n) is 9.40. The number of benzene rings is 1. The topological polar surface area (TPSA) is 83.7 Å². The molecule has 2 N–H and O–H groups in total. The number of carbonyl (C=O) groups is 1. The lowest BCUT2D eigenvalue weighted by atomic mass is 9.99. The van der Waals surface area contributed by atoms with Crippen molar-refractivity contribution >= 4 is 28.3 Å². The molecule has 0 unspecified atom stereocenters. The van der Waals surface area contributed by atoms with Crippen LogP contribution in [0.3, 0.4) is 0 Å². The van der Waals surface area contributed by atoms with Crippen LogP contribution in [0.25, 0.3) is 0 Å². The van der Waals surface area contributed by atoms with Crippen LogP contribution in [-0.4, -0.2) is 55.8 Å². The van der Waals surface area contributed by atoms with E-state index in [9.17, 15) is 13.2 Å². The van der Waals surface area contributed by atoms with Gasteiger partial charge in [-0.1, -0.05) is 12.5 Å². The van der Waals surface area contributed by atoms with Gasteiger partial charge in [0.2, 0.25) is 15.9 Å². The van der Waals surface area contributed by atoms with E-state index in [1.807, 2.05) is 19.9 Å². The van der Waals surface area contributed by atoms with Gasteiger partial charge in [-0.25, -0.2) is 8.42 Å². The Kier molecular flexibility index (Phi) is 7.30. The van der Waals surface area contributed by atoms with Crippen molar-refractivity contribution < 1.29 is 13.2 Å². The third kappa shape index (κ3) is 4.83. The summed E-state index contributed by atoms with van der Waals surface area (Å²) >= 11 is 0. The summed E-state index contributed by atoms with van der Waals surface area (Å²) in [5.41, 5.74) is 8.10. The molecule has 6 nitrogen and oxygen atoms in total. The standard InChI is InChI=1S/C19H29N3O3S.ClH/c1-14-6-7-17(12-15(14)2)26(24,25)22-10-8-21(9-11-22)19(23)13-16-4-3-5-18(16)20;/h6-7,12,16,18H,3-5,8-11,13,20H2,1-2H3;1H/t16-,18+;/m0./s1. The van der Waals surface area contributed by atoms with Crippen molar-refractivity contribution in [2.45, 2.75) is 50.5 Å². The van der Waals surface area contributed by atoms with Crippen LogP contribution in [0.15, 0.2) is 23.1 Å². The van der Waals surface area contributed by atoms with Gasteiger partial charge in [0.25, 0.3) is 0 Å². The van der Waals surface area contributed by atoms with Gasteiger partial charge in [0.05, 0.1) is 4.90 Å².